The number of hydrogen-bond donors (Lipinski definition) is 0. The van der Waals surface area contributed by atoms with Crippen LogP contribution in [-0.4, -0.2) is 61.3 Å². The van der Waals surface area contributed by atoms with E-state index < -0.39 is 0 Å². The van der Waals surface area contributed by atoms with Gasteiger partial charge >= 0.3 is 0 Å². The third-order valence-corrected chi connectivity index (χ3v) is 3.24. The van der Waals surface area contributed by atoms with Crippen molar-refractivity contribution in [2.24, 2.45) is 0 Å². The first-order chi connectivity index (χ1) is 7.54. The summed E-state index contributed by atoms with van der Waals surface area (Å²) in [5, 5.41) is 8.83. The number of morpholine rings is 1. The number of nitriles is 1. The first kappa shape index (κ1) is 13.4. The lowest BCUT2D eigenvalue weighted by molar-refractivity contribution is -0.0510. The number of ether oxygens (including phenoxy) is 1. The van der Waals surface area contributed by atoms with Crippen molar-refractivity contribution < 1.29 is 4.74 Å². The molecule has 0 N–H and O–H groups in total. The van der Waals surface area contributed by atoms with Gasteiger partial charge in [-0.15, -0.1) is 0 Å². The zero-order chi connectivity index (χ0) is 12.1. The molecule has 1 aliphatic heterocycles. The van der Waals surface area contributed by atoms with E-state index in [0.29, 0.717) is 6.04 Å². The van der Waals surface area contributed by atoms with Gasteiger partial charge in [-0.3, -0.25) is 9.80 Å². The Morgan fingerprint density at radius 3 is 2.75 bits per heavy atom. The molecule has 0 aromatic carbocycles. The van der Waals surface area contributed by atoms with E-state index in [9.17, 15) is 0 Å². The Morgan fingerprint density at radius 1 is 1.50 bits per heavy atom. The van der Waals surface area contributed by atoms with Gasteiger partial charge in [0.25, 0.3) is 0 Å². The van der Waals surface area contributed by atoms with E-state index in [-0.39, 0.29) is 12.1 Å². The number of rotatable bonds is 4. The van der Waals surface area contributed by atoms with Crippen LogP contribution in [0, 0.1) is 11.3 Å². The van der Waals surface area contributed by atoms with Gasteiger partial charge in [-0.05, 0) is 27.8 Å². The molecule has 1 fully saturated rings. The van der Waals surface area contributed by atoms with E-state index in [2.05, 4.69) is 29.7 Å². The molecule has 2 atom stereocenters. The van der Waals surface area contributed by atoms with Crippen molar-refractivity contribution in [1.82, 2.24) is 9.80 Å². The molecule has 92 valence electrons. The smallest absolute Gasteiger partial charge is 0.0947 e. The van der Waals surface area contributed by atoms with Crippen molar-refractivity contribution in [3.05, 3.63) is 0 Å². The average molecular weight is 225 g/mol. The van der Waals surface area contributed by atoms with Crippen molar-refractivity contribution in [1.29, 1.82) is 5.26 Å². The van der Waals surface area contributed by atoms with Crippen LogP contribution < -0.4 is 0 Å². The first-order valence-corrected chi connectivity index (χ1v) is 6.00. The van der Waals surface area contributed by atoms with Crippen LogP contribution in [0.5, 0.6) is 0 Å². The zero-order valence-electron chi connectivity index (χ0n) is 10.8. The highest BCUT2D eigenvalue weighted by molar-refractivity contribution is 4.88. The van der Waals surface area contributed by atoms with Gasteiger partial charge in [0.2, 0.25) is 0 Å². The Balaban J connectivity index is 2.40. The molecule has 0 saturated carbocycles. The second kappa shape index (κ2) is 6.19. The van der Waals surface area contributed by atoms with Crippen molar-refractivity contribution >= 4 is 0 Å². The Hall–Kier alpha value is -0.630. The van der Waals surface area contributed by atoms with Gasteiger partial charge < -0.3 is 4.74 Å². The highest BCUT2D eigenvalue weighted by atomic mass is 16.5. The quantitative estimate of drug-likeness (QED) is 0.714. The molecule has 4 nitrogen and oxygen atoms in total. The lowest BCUT2D eigenvalue weighted by atomic mass is 10.2. The van der Waals surface area contributed by atoms with Gasteiger partial charge in [-0.1, -0.05) is 0 Å². The summed E-state index contributed by atoms with van der Waals surface area (Å²) in [7, 11) is 1.98. The fourth-order valence-electron chi connectivity index (χ4n) is 1.90. The monoisotopic (exact) mass is 225 g/mol. The molecule has 2 unspecified atom stereocenters. The van der Waals surface area contributed by atoms with E-state index in [1.54, 1.807) is 0 Å². The topological polar surface area (TPSA) is 39.5 Å². The van der Waals surface area contributed by atoms with Crippen LogP contribution in [0.3, 0.4) is 0 Å². The summed E-state index contributed by atoms with van der Waals surface area (Å²) in [6, 6.07) is 2.78. The molecular formula is C12H23N3O. The maximum atomic E-state index is 8.83. The zero-order valence-corrected chi connectivity index (χ0v) is 10.8. The largest absolute Gasteiger partial charge is 0.374 e. The van der Waals surface area contributed by atoms with Crippen LogP contribution in [0.2, 0.25) is 0 Å². The molecule has 4 heteroatoms. The molecule has 1 rings (SSSR count). The lowest BCUT2D eigenvalue weighted by Gasteiger charge is -2.37. The summed E-state index contributed by atoms with van der Waals surface area (Å²) in [5.74, 6) is 0. The number of hydrogen-bond acceptors (Lipinski definition) is 4. The normalized spacial score (nSPS) is 24.7. The van der Waals surface area contributed by atoms with E-state index in [1.807, 2.05) is 14.0 Å². The van der Waals surface area contributed by atoms with Gasteiger partial charge in [-0.2, -0.15) is 5.26 Å². The van der Waals surface area contributed by atoms with Crippen molar-refractivity contribution in [3.8, 4) is 6.07 Å². The highest BCUT2D eigenvalue weighted by Gasteiger charge is 2.24. The molecule has 0 amide bonds. The van der Waals surface area contributed by atoms with E-state index in [1.165, 1.54) is 0 Å². The van der Waals surface area contributed by atoms with Crippen LogP contribution in [0.1, 0.15) is 20.8 Å². The highest BCUT2D eigenvalue weighted by Crippen LogP contribution is 2.10. The van der Waals surface area contributed by atoms with Crippen LogP contribution in [0.4, 0.5) is 0 Å². The van der Waals surface area contributed by atoms with Gasteiger partial charge in [0, 0.05) is 25.7 Å². The third kappa shape index (κ3) is 3.75. The molecule has 0 aliphatic carbocycles. The second-order valence-corrected chi connectivity index (χ2v) is 4.83. The van der Waals surface area contributed by atoms with Gasteiger partial charge in [0.15, 0.2) is 0 Å². The van der Waals surface area contributed by atoms with E-state index in [4.69, 9.17) is 10.00 Å². The van der Waals surface area contributed by atoms with Crippen molar-refractivity contribution in [2.75, 3.05) is 33.3 Å². The summed E-state index contributed by atoms with van der Waals surface area (Å²) < 4.78 is 5.73. The summed E-state index contributed by atoms with van der Waals surface area (Å²) >= 11 is 0. The summed E-state index contributed by atoms with van der Waals surface area (Å²) in [4.78, 5) is 4.48. The van der Waals surface area contributed by atoms with Crippen molar-refractivity contribution in [2.45, 2.75) is 39.0 Å². The van der Waals surface area contributed by atoms with Crippen LogP contribution in [-0.2, 0) is 4.74 Å². The molecular weight excluding hydrogens is 202 g/mol. The minimum absolute atomic E-state index is 0.0435. The van der Waals surface area contributed by atoms with Crippen LogP contribution in [0.25, 0.3) is 0 Å². The molecule has 1 saturated heterocycles. The predicted octanol–water partition coefficient (Wildman–Crippen LogP) is 0.939. The Kier molecular flexibility index (Phi) is 5.20. The molecule has 16 heavy (non-hydrogen) atoms. The van der Waals surface area contributed by atoms with Crippen LogP contribution >= 0.6 is 0 Å². The fraction of sp³-hybridized carbons (Fsp3) is 0.917. The van der Waals surface area contributed by atoms with Gasteiger partial charge in [0.1, 0.15) is 0 Å². The SMILES string of the molecule is CC(C#N)N(C)CC1CN(C(C)C)CCO1. The molecule has 0 radical (unpaired) electrons. The average Bonchev–Trinajstić information content (AvgIpc) is 2.28. The Labute approximate surface area is 98.8 Å². The predicted molar refractivity (Wildman–Crippen MR) is 64.2 cm³/mol. The molecule has 1 heterocycles. The second-order valence-electron chi connectivity index (χ2n) is 4.83. The fourth-order valence-corrected chi connectivity index (χ4v) is 1.90. The Morgan fingerprint density at radius 2 is 2.19 bits per heavy atom. The molecule has 0 aromatic rings. The van der Waals surface area contributed by atoms with E-state index in [0.717, 1.165) is 26.2 Å². The van der Waals surface area contributed by atoms with Crippen LogP contribution in [0.15, 0.2) is 0 Å². The summed E-state index contributed by atoms with van der Waals surface area (Å²) in [5.41, 5.74) is 0. The van der Waals surface area contributed by atoms with Crippen molar-refractivity contribution in [3.63, 3.8) is 0 Å². The molecule has 0 bridgehead atoms. The van der Waals surface area contributed by atoms with Gasteiger partial charge in [-0.25, -0.2) is 0 Å². The minimum atomic E-state index is -0.0435. The maximum absolute atomic E-state index is 8.83. The molecule has 0 aromatic heterocycles. The third-order valence-electron chi connectivity index (χ3n) is 3.24. The molecule has 1 aliphatic rings. The lowest BCUT2D eigenvalue weighted by Crippen LogP contribution is -2.50. The molecule has 0 spiro atoms. The van der Waals surface area contributed by atoms with Gasteiger partial charge in [0.05, 0.1) is 24.8 Å². The number of nitrogens with zero attached hydrogens (tertiary/aromatic N) is 3. The van der Waals surface area contributed by atoms with E-state index >= 15 is 0 Å². The maximum Gasteiger partial charge on any atom is 0.0947 e. The minimum Gasteiger partial charge on any atom is -0.374 e. The summed E-state index contributed by atoms with van der Waals surface area (Å²) in [6.07, 6.45) is 0.233. The Bertz CT molecular complexity index is 249. The standard InChI is InChI=1S/C12H23N3O/c1-10(2)15-5-6-16-12(9-15)8-14(4)11(3)7-13/h10-12H,5-6,8-9H2,1-4H3. The number of likely N-dealkylation sites (N-methyl/N-ethyl adjacent to an activating group) is 1. The summed E-state index contributed by atoms with van der Waals surface area (Å²) in [6.45, 7) is 9.97. The first-order valence-electron chi connectivity index (χ1n) is 6.00.